The minimum atomic E-state index is -0.804. The molecular formula is C25H31Cl2N3O3. The van der Waals surface area contributed by atoms with Gasteiger partial charge in [0.2, 0.25) is 5.91 Å². The SMILES string of the molecule is CCNCC(=O)O.O=C(Nc1cccc(Cl)c1)C1C(c2cccc(Cl)c2)CCN1CC1CC1. The number of carboxylic acids is 1. The molecule has 3 N–H and O–H groups in total. The van der Waals surface area contributed by atoms with Crippen LogP contribution in [0.15, 0.2) is 48.5 Å². The molecule has 2 aromatic carbocycles. The summed E-state index contributed by atoms with van der Waals surface area (Å²) in [5.74, 6) is 0.137. The van der Waals surface area contributed by atoms with Crippen LogP contribution in [-0.2, 0) is 9.59 Å². The average molecular weight is 492 g/mol. The fourth-order valence-electron chi connectivity index (χ4n) is 4.14. The van der Waals surface area contributed by atoms with Crippen LogP contribution in [0.1, 0.15) is 37.7 Å². The van der Waals surface area contributed by atoms with E-state index in [2.05, 4.69) is 21.6 Å². The number of hydrogen-bond donors (Lipinski definition) is 3. The number of carbonyl (C=O) groups is 2. The quantitative estimate of drug-likeness (QED) is 0.490. The molecule has 0 bridgehead atoms. The van der Waals surface area contributed by atoms with Gasteiger partial charge in [0.05, 0.1) is 12.6 Å². The fourth-order valence-corrected chi connectivity index (χ4v) is 4.53. The van der Waals surface area contributed by atoms with Gasteiger partial charge in [-0.2, -0.15) is 0 Å². The van der Waals surface area contributed by atoms with E-state index in [1.807, 2.05) is 37.3 Å². The van der Waals surface area contributed by atoms with Crippen molar-refractivity contribution in [3.63, 3.8) is 0 Å². The van der Waals surface area contributed by atoms with E-state index < -0.39 is 5.97 Å². The fraction of sp³-hybridized carbons (Fsp3) is 0.440. The molecule has 6 nitrogen and oxygen atoms in total. The number of rotatable bonds is 8. The lowest BCUT2D eigenvalue weighted by molar-refractivity contribution is -0.136. The molecule has 33 heavy (non-hydrogen) atoms. The first-order valence-electron chi connectivity index (χ1n) is 11.4. The number of carboxylic acid groups (broad SMARTS) is 1. The van der Waals surface area contributed by atoms with Gasteiger partial charge in [-0.1, -0.05) is 48.3 Å². The standard InChI is InChI=1S/C21H22Cl2N2O.C4H9NO2/c22-16-4-1-3-15(11-16)19-9-10-25(13-14-7-8-14)20(19)21(26)24-18-6-2-5-17(23)12-18;1-2-5-3-4(6)7/h1-6,11-12,14,19-20H,7-10,13H2,(H,24,26);5H,2-3H2,1H3,(H,6,7). The van der Waals surface area contributed by atoms with Crippen LogP contribution in [0.5, 0.6) is 0 Å². The number of amides is 1. The largest absolute Gasteiger partial charge is 0.480 e. The Bertz CT molecular complexity index is 952. The molecule has 178 valence electrons. The Morgan fingerprint density at radius 3 is 2.33 bits per heavy atom. The van der Waals surface area contributed by atoms with Crippen molar-refractivity contribution >= 4 is 40.8 Å². The van der Waals surface area contributed by atoms with Crippen LogP contribution in [0, 0.1) is 5.92 Å². The van der Waals surface area contributed by atoms with Crippen LogP contribution in [0.4, 0.5) is 5.69 Å². The second-order valence-corrected chi connectivity index (χ2v) is 9.38. The third-order valence-corrected chi connectivity index (χ3v) is 6.33. The van der Waals surface area contributed by atoms with Crippen LogP contribution in [0.3, 0.4) is 0 Å². The second-order valence-electron chi connectivity index (χ2n) is 8.51. The van der Waals surface area contributed by atoms with Gasteiger partial charge in [-0.05, 0) is 74.2 Å². The Morgan fingerprint density at radius 1 is 1.06 bits per heavy atom. The van der Waals surface area contributed by atoms with Crippen LogP contribution < -0.4 is 10.6 Å². The highest BCUT2D eigenvalue weighted by Gasteiger charge is 2.42. The first-order valence-corrected chi connectivity index (χ1v) is 12.1. The van der Waals surface area contributed by atoms with Crippen LogP contribution in [0.25, 0.3) is 0 Å². The van der Waals surface area contributed by atoms with Crippen molar-refractivity contribution in [1.82, 2.24) is 10.2 Å². The van der Waals surface area contributed by atoms with E-state index in [0.717, 1.165) is 41.7 Å². The minimum Gasteiger partial charge on any atom is -0.480 e. The molecule has 1 saturated heterocycles. The molecule has 1 aliphatic carbocycles. The number of halogens is 2. The maximum atomic E-state index is 13.2. The average Bonchev–Trinajstić information content (AvgIpc) is 3.49. The monoisotopic (exact) mass is 491 g/mol. The molecule has 0 aromatic heterocycles. The summed E-state index contributed by atoms with van der Waals surface area (Å²) >= 11 is 12.3. The van der Waals surface area contributed by atoms with E-state index >= 15 is 0 Å². The molecule has 2 fully saturated rings. The smallest absolute Gasteiger partial charge is 0.317 e. The summed E-state index contributed by atoms with van der Waals surface area (Å²) in [6.07, 6.45) is 3.53. The van der Waals surface area contributed by atoms with Crippen molar-refractivity contribution in [2.45, 2.75) is 38.1 Å². The highest BCUT2D eigenvalue weighted by molar-refractivity contribution is 6.31. The number of likely N-dealkylation sites (N-methyl/N-ethyl adjacent to an activating group) is 1. The number of hydrogen-bond acceptors (Lipinski definition) is 4. The number of benzene rings is 2. The molecule has 1 aliphatic heterocycles. The summed E-state index contributed by atoms with van der Waals surface area (Å²) in [5, 5.41) is 15.0. The summed E-state index contributed by atoms with van der Waals surface area (Å²) in [7, 11) is 0. The number of aliphatic carboxylic acids is 1. The molecule has 0 radical (unpaired) electrons. The Balaban J connectivity index is 0.000000383. The summed E-state index contributed by atoms with van der Waals surface area (Å²) in [5.41, 5.74) is 1.88. The Labute approximate surface area is 205 Å². The summed E-state index contributed by atoms with van der Waals surface area (Å²) < 4.78 is 0. The van der Waals surface area contributed by atoms with Crippen molar-refractivity contribution in [2.24, 2.45) is 5.92 Å². The Morgan fingerprint density at radius 2 is 1.76 bits per heavy atom. The van der Waals surface area contributed by atoms with Crippen LogP contribution >= 0.6 is 23.2 Å². The van der Waals surface area contributed by atoms with E-state index in [4.69, 9.17) is 28.3 Å². The molecule has 2 unspecified atom stereocenters. The first-order chi connectivity index (χ1) is 15.9. The Kier molecular flexibility index (Phi) is 9.56. The van der Waals surface area contributed by atoms with Crippen LogP contribution in [0.2, 0.25) is 10.0 Å². The third kappa shape index (κ3) is 8.00. The van der Waals surface area contributed by atoms with E-state index in [-0.39, 0.29) is 24.4 Å². The zero-order valence-corrected chi connectivity index (χ0v) is 20.3. The van der Waals surface area contributed by atoms with Crippen molar-refractivity contribution in [1.29, 1.82) is 0 Å². The predicted octanol–water partition coefficient (Wildman–Crippen LogP) is 4.88. The van der Waals surface area contributed by atoms with Crippen molar-refractivity contribution in [2.75, 3.05) is 31.5 Å². The van der Waals surface area contributed by atoms with E-state index in [0.29, 0.717) is 11.6 Å². The molecule has 1 saturated carbocycles. The van der Waals surface area contributed by atoms with Gasteiger partial charge < -0.3 is 15.7 Å². The normalized spacial score (nSPS) is 20.1. The number of likely N-dealkylation sites (tertiary alicyclic amines) is 1. The summed E-state index contributed by atoms with van der Waals surface area (Å²) in [6, 6.07) is 15.1. The summed E-state index contributed by atoms with van der Waals surface area (Å²) in [4.78, 5) is 25.2. The highest BCUT2D eigenvalue weighted by atomic mass is 35.5. The molecule has 1 amide bonds. The van der Waals surface area contributed by atoms with E-state index in [1.165, 1.54) is 12.8 Å². The van der Waals surface area contributed by atoms with Gasteiger partial charge >= 0.3 is 5.97 Å². The lowest BCUT2D eigenvalue weighted by Gasteiger charge is -2.27. The van der Waals surface area contributed by atoms with Gasteiger partial charge in [-0.25, -0.2) is 0 Å². The molecule has 2 aromatic rings. The van der Waals surface area contributed by atoms with E-state index in [1.54, 1.807) is 12.1 Å². The van der Waals surface area contributed by atoms with Gasteiger partial charge in [0.25, 0.3) is 0 Å². The summed E-state index contributed by atoms with van der Waals surface area (Å²) in [6.45, 7) is 4.59. The van der Waals surface area contributed by atoms with Gasteiger partial charge in [-0.15, -0.1) is 0 Å². The van der Waals surface area contributed by atoms with Crippen molar-refractivity contribution in [3.8, 4) is 0 Å². The lowest BCUT2D eigenvalue weighted by Crippen LogP contribution is -2.43. The zero-order valence-electron chi connectivity index (χ0n) is 18.8. The Hall–Kier alpha value is -2.12. The maximum Gasteiger partial charge on any atom is 0.317 e. The lowest BCUT2D eigenvalue weighted by atomic mass is 9.91. The molecule has 8 heteroatoms. The topological polar surface area (TPSA) is 81.7 Å². The molecule has 4 rings (SSSR count). The van der Waals surface area contributed by atoms with Gasteiger partial charge in [0.15, 0.2) is 0 Å². The molecule has 1 heterocycles. The zero-order chi connectivity index (χ0) is 23.8. The molecule has 2 atom stereocenters. The van der Waals surface area contributed by atoms with Crippen molar-refractivity contribution < 1.29 is 14.7 Å². The number of nitrogens with zero attached hydrogens (tertiary/aromatic N) is 1. The van der Waals surface area contributed by atoms with Gasteiger partial charge in [0.1, 0.15) is 0 Å². The minimum absolute atomic E-state index is 0.0374. The second kappa shape index (κ2) is 12.4. The first kappa shape index (κ1) is 25.5. The van der Waals surface area contributed by atoms with Crippen LogP contribution in [-0.4, -0.2) is 54.1 Å². The number of anilines is 1. The molecule has 0 spiro atoms. The number of carbonyl (C=O) groups excluding carboxylic acids is 1. The third-order valence-electron chi connectivity index (χ3n) is 5.86. The maximum absolute atomic E-state index is 13.2. The molecule has 2 aliphatic rings. The predicted molar refractivity (Wildman–Crippen MR) is 133 cm³/mol. The van der Waals surface area contributed by atoms with Gasteiger partial charge in [0, 0.05) is 28.2 Å². The number of nitrogens with one attached hydrogen (secondary N) is 2. The highest BCUT2D eigenvalue weighted by Crippen LogP contribution is 2.39. The van der Waals surface area contributed by atoms with Crippen molar-refractivity contribution in [3.05, 3.63) is 64.1 Å². The van der Waals surface area contributed by atoms with Gasteiger partial charge in [-0.3, -0.25) is 14.5 Å². The molecular weight excluding hydrogens is 461 g/mol. The van der Waals surface area contributed by atoms with E-state index in [9.17, 15) is 9.59 Å².